The molecular weight excluding hydrogens is 208 g/mol. The van der Waals surface area contributed by atoms with Crippen molar-refractivity contribution in [3.05, 3.63) is 47.0 Å². The standard InChI is InChI=1S/C16H16O/c1-11(17)16-14-8-4-2-6-12(14)10-13-7-3-5-9-15(13)16/h2,4,6,8,10H,3,5,7,9H2,1H3. The van der Waals surface area contributed by atoms with Gasteiger partial charge in [-0.25, -0.2) is 0 Å². The second-order valence-corrected chi connectivity index (χ2v) is 4.87. The maximum absolute atomic E-state index is 11.9. The predicted octanol–water partition coefficient (Wildman–Crippen LogP) is 3.92. The third-order valence-electron chi connectivity index (χ3n) is 3.72. The molecule has 2 aromatic carbocycles. The van der Waals surface area contributed by atoms with Gasteiger partial charge in [-0.3, -0.25) is 4.79 Å². The fourth-order valence-corrected chi connectivity index (χ4v) is 2.98. The molecule has 0 fully saturated rings. The highest BCUT2D eigenvalue weighted by Crippen LogP contribution is 2.31. The number of Topliss-reactive ketones (excluding diaryl/α,β-unsaturated/α-hetero) is 1. The summed E-state index contributed by atoms with van der Waals surface area (Å²) in [5, 5.41) is 2.33. The Morgan fingerprint density at radius 2 is 1.88 bits per heavy atom. The first-order valence-corrected chi connectivity index (χ1v) is 6.32. The Morgan fingerprint density at radius 1 is 1.12 bits per heavy atom. The molecule has 0 bridgehead atoms. The third kappa shape index (κ3) is 1.66. The van der Waals surface area contributed by atoms with Crippen LogP contribution in [0.4, 0.5) is 0 Å². The number of carbonyl (C=O) groups is 1. The van der Waals surface area contributed by atoms with E-state index in [4.69, 9.17) is 0 Å². The number of benzene rings is 2. The van der Waals surface area contributed by atoms with Crippen molar-refractivity contribution >= 4 is 16.6 Å². The lowest BCUT2D eigenvalue weighted by molar-refractivity contribution is 0.101. The number of hydrogen-bond donors (Lipinski definition) is 0. The average Bonchev–Trinajstić information content (AvgIpc) is 2.35. The first kappa shape index (κ1) is 10.5. The number of fused-ring (bicyclic) bond motifs is 2. The highest BCUT2D eigenvalue weighted by Gasteiger charge is 2.18. The van der Waals surface area contributed by atoms with Crippen LogP contribution in [0.15, 0.2) is 30.3 Å². The normalized spacial score (nSPS) is 14.6. The molecule has 0 radical (unpaired) electrons. The van der Waals surface area contributed by atoms with Crippen molar-refractivity contribution < 1.29 is 4.79 Å². The molecule has 0 saturated carbocycles. The molecule has 1 aliphatic carbocycles. The summed E-state index contributed by atoms with van der Waals surface area (Å²) in [6.45, 7) is 1.69. The van der Waals surface area contributed by atoms with Gasteiger partial charge in [0.15, 0.2) is 5.78 Å². The van der Waals surface area contributed by atoms with Crippen molar-refractivity contribution in [1.29, 1.82) is 0 Å². The highest BCUT2D eigenvalue weighted by molar-refractivity contribution is 6.08. The van der Waals surface area contributed by atoms with E-state index < -0.39 is 0 Å². The molecule has 86 valence electrons. The van der Waals surface area contributed by atoms with Crippen LogP contribution in [0.1, 0.15) is 41.3 Å². The van der Waals surface area contributed by atoms with Gasteiger partial charge in [-0.05, 0) is 54.5 Å². The molecule has 0 spiro atoms. The fourth-order valence-electron chi connectivity index (χ4n) is 2.98. The quantitative estimate of drug-likeness (QED) is 0.671. The minimum absolute atomic E-state index is 0.208. The van der Waals surface area contributed by atoms with Crippen LogP contribution in [0, 0.1) is 0 Å². The molecule has 0 N–H and O–H groups in total. The Labute approximate surface area is 101 Å². The lowest BCUT2D eigenvalue weighted by atomic mass is 9.84. The second kappa shape index (κ2) is 3.99. The van der Waals surface area contributed by atoms with Gasteiger partial charge < -0.3 is 0 Å². The summed E-state index contributed by atoms with van der Waals surface area (Å²) >= 11 is 0. The number of rotatable bonds is 1. The van der Waals surface area contributed by atoms with Gasteiger partial charge in [0.2, 0.25) is 0 Å². The SMILES string of the molecule is CC(=O)c1c2c(cc3ccccc13)CCCC2. The van der Waals surface area contributed by atoms with E-state index in [0.29, 0.717) is 0 Å². The van der Waals surface area contributed by atoms with Gasteiger partial charge in [-0.1, -0.05) is 30.3 Å². The lowest BCUT2D eigenvalue weighted by Crippen LogP contribution is -2.09. The number of aryl methyl sites for hydroxylation is 1. The molecule has 0 atom stereocenters. The van der Waals surface area contributed by atoms with Crippen molar-refractivity contribution in [3.63, 3.8) is 0 Å². The Kier molecular flexibility index (Phi) is 2.47. The van der Waals surface area contributed by atoms with Crippen LogP contribution in [0.2, 0.25) is 0 Å². The minimum Gasteiger partial charge on any atom is -0.294 e. The van der Waals surface area contributed by atoms with Gasteiger partial charge >= 0.3 is 0 Å². The van der Waals surface area contributed by atoms with E-state index in [2.05, 4.69) is 18.2 Å². The average molecular weight is 224 g/mol. The van der Waals surface area contributed by atoms with Gasteiger partial charge in [-0.2, -0.15) is 0 Å². The molecular formula is C16H16O. The van der Waals surface area contributed by atoms with E-state index in [1.165, 1.54) is 29.4 Å². The molecule has 17 heavy (non-hydrogen) atoms. The van der Waals surface area contributed by atoms with E-state index in [-0.39, 0.29) is 5.78 Å². The van der Waals surface area contributed by atoms with E-state index >= 15 is 0 Å². The number of hydrogen-bond acceptors (Lipinski definition) is 1. The number of carbonyl (C=O) groups excluding carboxylic acids is 1. The van der Waals surface area contributed by atoms with Gasteiger partial charge in [0.25, 0.3) is 0 Å². The lowest BCUT2D eigenvalue weighted by Gasteiger charge is -2.20. The van der Waals surface area contributed by atoms with Crippen LogP contribution < -0.4 is 0 Å². The molecule has 1 heteroatoms. The zero-order chi connectivity index (χ0) is 11.8. The van der Waals surface area contributed by atoms with Crippen LogP contribution >= 0.6 is 0 Å². The predicted molar refractivity (Wildman–Crippen MR) is 70.6 cm³/mol. The number of ketones is 1. The molecule has 0 aromatic heterocycles. The van der Waals surface area contributed by atoms with Crippen molar-refractivity contribution in [2.45, 2.75) is 32.6 Å². The summed E-state index contributed by atoms with van der Waals surface area (Å²) in [5.41, 5.74) is 3.67. The van der Waals surface area contributed by atoms with Crippen LogP contribution in [0.3, 0.4) is 0 Å². The molecule has 0 amide bonds. The first-order chi connectivity index (χ1) is 8.27. The highest BCUT2D eigenvalue weighted by atomic mass is 16.1. The smallest absolute Gasteiger partial charge is 0.160 e. The zero-order valence-corrected chi connectivity index (χ0v) is 10.1. The van der Waals surface area contributed by atoms with Crippen LogP contribution in [0.25, 0.3) is 10.8 Å². The largest absolute Gasteiger partial charge is 0.294 e. The fraction of sp³-hybridized carbons (Fsp3) is 0.312. The summed E-state index contributed by atoms with van der Waals surface area (Å²) in [7, 11) is 0. The maximum Gasteiger partial charge on any atom is 0.160 e. The minimum atomic E-state index is 0.208. The second-order valence-electron chi connectivity index (χ2n) is 4.87. The van der Waals surface area contributed by atoms with E-state index in [1.807, 2.05) is 12.1 Å². The van der Waals surface area contributed by atoms with Crippen LogP contribution in [0.5, 0.6) is 0 Å². The van der Waals surface area contributed by atoms with Crippen molar-refractivity contribution in [3.8, 4) is 0 Å². The van der Waals surface area contributed by atoms with Gasteiger partial charge in [0.1, 0.15) is 0 Å². The zero-order valence-electron chi connectivity index (χ0n) is 10.1. The molecule has 2 aromatic rings. The molecule has 1 nitrogen and oxygen atoms in total. The third-order valence-corrected chi connectivity index (χ3v) is 3.72. The van der Waals surface area contributed by atoms with E-state index in [1.54, 1.807) is 6.92 Å². The van der Waals surface area contributed by atoms with Gasteiger partial charge in [0, 0.05) is 5.56 Å². The molecule has 0 aliphatic heterocycles. The Balaban J connectivity index is 2.40. The van der Waals surface area contributed by atoms with Crippen molar-refractivity contribution in [2.24, 2.45) is 0 Å². The summed E-state index contributed by atoms with van der Waals surface area (Å²) in [6.07, 6.45) is 4.66. The Hall–Kier alpha value is -1.63. The summed E-state index contributed by atoms with van der Waals surface area (Å²) in [4.78, 5) is 11.9. The first-order valence-electron chi connectivity index (χ1n) is 6.32. The monoisotopic (exact) mass is 224 g/mol. The summed E-state index contributed by atoms with van der Waals surface area (Å²) < 4.78 is 0. The molecule has 0 saturated heterocycles. The maximum atomic E-state index is 11.9. The molecule has 3 rings (SSSR count). The Morgan fingerprint density at radius 3 is 2.71 bits per heavy atom. The van der Waals surface area contributed by atoms with Gasteiger partial charge in [0.05, 0.1) is 0 Å². The molecule has 0 unspecified atom stereocenters. The van der Waals surface area contributed by atoms with Crippen LogP contribution in [-0.4, -0.2) is 5.78 Å². The summed E-state index contributed by atoms with van der Waals surface area (Å²) in [6, 6.07) is 10.5. The topological polar surface area (TPSA) is 17.1 Å². The van der Waals surface area contributed by atoms with E-state index in [9.17, 15) is 4.79 Å². The Bertz CT molecular complexity index is 596. The van der Waals surface area contributed by atoms with Crippen molar-refractivity contribution in [1.82, 2.24) is 0 Å². The molecule has 1 aliphatic rings. The van der Waals surface area contributed by atoms with Gasteiger partial charge in [-0.15, -0.1) is 0 Å². The summed E-state index contributed by atoms with van der Waals surface area (Å²) in [5.74, 6) is 0.208. The van der Waals surface area contributed by atoms with Crippen LogP contribution in [-0.2, 0) is 12.8 Å². The van der Waals surface area contributed by atoms with E-state index in [0.717, 1.165) is 23.8 Å². The van der Waals surface area contributed by atoms with Crippen molar-refractivity contribution in [2.75, 3.05) is 0 Å². The molecule has 0 heterocycles.